The van der Waals surface area contributed by atoms with Gasteiger partial charge in [0.15, 0.2) is 6.61 Å². The van der Waals surface area contributed by atoms with Crippen molar-refractivity contribution < 1.29 is 19.1 Å². The molecular weight excluding hydrogens is 344 g/mol. The van der Waals surface area contributed by atoms with E-state index in [-0.39, 0.29) is 6.61 Å². The van der Waals surface area contributed by atoms with Crippen LogP contribution in [0.1, 0.15) is 23.6 Å². The summed E-state index contributed by atoms with van der Waals surface area (Å²) in [5, 5.41) is 0. The standard InChI is InChI=1S/C21H24N2O4/c1-4-16-6-9-18(10-7-16)27-14-21(25)23-22-20(24)12-8-17-13-15(2)5-11-19(17)26-3/h5-13H,4,14H2,1-3H3,(H,22,24)(H,23,25)/b12-8+. The van der Waals surface area contributed by atoms with Crippen molar-refractivity contribution in [1.82, 2.24) is 10.9 Å². The molecule has 0 unspecified atom stereocenters. The molecule has 0 fully saturated rings. The number of carbonyl (C=O) groups is 2. The highest BCUT2D eigenvalue weighted by Gasteiger charge is 2.05. The highest BCUT2D eigenvalue weighted by molar-refractivity contribution is 5.93. The zero-order chi connectivity index (χ0) is 19.6. The molecule has 2 aromatic rings. The lowest BCUT2D eigenvalue weighted by atomic mass is 10.1. The summed E-state index contributed by atoms with van der Waals surface area (Å²) >= 11 is 0. The van der Waals surface area contributed by atoms with Crippen molar-refractivity contribution in [3.05, 3.63) is 65.2 Å². The normalized spacial score (nSPS) is 10.5. The molecule has 142 valence electrons. The minimum atomic E-state index is -0.459. The zero-order valence-corrected chi connectivity index (χ0v) is 15.7. The molecule has 0 radical (unpaired) electrons. The lowest BCUT2D eigenvalue weighted by Gasteiger charge is -2.08. The van der Waals surface area contributed by atoms with Crippen LogP contribution in [0.15, 0.2) is 48.5 Å². The molecule has 0 aliphatic rings. The van der Waals surface area contributed by atoms with Crippen LogP contribution in [0.2, 0.25) is 0 Å². The number of nitrogens with one attached hydrogen (secondary N) is 2. The summed E-state index contributed by atoms with van der Waals surface area (Å²) in [5.74, 6) is 0.347. The molecule has 0 atom stereocenters. The summed E-state index contributed by atoms with van der Waals surface area (Å²) in [6, 6.07) is 13.2. The molecule has 0 heterocycles. The topological polar surface area (TPSA) is 76.7 Å². The predicted octanol–water partition coefficient (Wildman–Crippen LogP) is 2.81. The molecule has 0 aliphatic carbocycles. The average molecular weight is 368 g/mol. The van der Waals surface area contributed by atoms with E-state index in [4.69, 9.17) is 9.47 Å². The average Bonchev–Trinajstić information content (AvgIpc) is 2.69. The van der Waals surface area contributed by atoms with Crippen molar-refractivity contribution in [2.24, 2.45) is 0 Å². The van der Waals surface area contributed by atoms with Gasteiger partial charge in [0.25, 0.3) is 11.8 Å². The molecule has 2 N–H and O–H groups in total. The molecule has 0 aromatic heterocycles. The van der Waals surface area contributed by atoms with E-state index in [0.717, 1.165) is 17.5 Å². The molecule has 0 aliphatic heterocycles. The lowest BCUT2D eigenvalue weighted by molar-refractivity contribution is -0.128. The molecule has 2 amide bonds. The van der Waals surface area contributed by atoms with Crippen LogP contribution in [0.3, 0.4) is 0 Å². The first-order chi connectivity index (χ1) is 13.0. The molecule has 0 saturated heterocycles. The highest BCUT2D eigenvalue weighted by atomic mass is 16.5. The van der Waals surface area contributed by atoms with Crippen LogP contribution in [-0.2, 0) is 16.0 Å². The third-order valence-corrected chi connectivity index (χ3v) is 3.83. The van der Waals surface area contributed by atoms with E-state index in [0.29, 0.717) is 11.5 Å². The number of hydrogen-bond donors (Lipinski definition) is 2. The van der Waals surface area contributed by atoms with E-state index in [1.54, 1.807) is 13.2 Å². The van der Waals surface area contributed by atoms with Gasteiger partial charge in [-0.3, -0.25) is 20.4 Å². The fourth-order valence-corrected chi connectivity index (χ4v) is 2.33. The second-order valence-corrected chi connectivity index (χ2v) is 5.90. The van der Waals surface area contributed by atoms with Crippen molar-refractivity contribution in [3.8, 4) is 11.5 Å². The molecule has 2 aromatic carbocycles. The van der Waals surface area contributed by atoms with Gasteiger partial charge in [0.2, 0.25) is 0 Å². The number of hydrazine groups is 1. The Morgan fingerprint density at radius 3 is 2.48 bits per heavy atom. The third kappa shape index (κ3) is 6.51. The first kappa shape index (κ1) is 20.0. The summed E-state index contributed by atoms with van der Waals surface area (Å²) < 4.78 is 10.6. The van der Waals surface area contributed by atoms with Gasteiger partial charge in [0, 0.05) is 11.6 Å². The summed E-state index contributed by atoms with van der Waals surface area (Å²) in [6.45, 7) is 3.82. The largest absolute Gasteiger partial charge is 0.496 e. The van der Waals surface area contributed by atoms with Gasteiger partial charge in [-0.2, -0.15) is 0 Å². The van der Waals surface area contributed by atoms with Crippen molar-refractivity contribution >= 4 is 17.9 Å². The van der Waals surface area contributed by atoms with Crippen molar-refractivity contribution in [2.45, 2.75) is 20.3 Å². The van der Waals surface area contributed by atoms with E-state index in [1.807, 2.05) is 49.4 Å². The number of aryl methyl sites for hydroxylation is 2. The Morgan fingerprint density at radius 1 is 1.07 bits per heavy atom. The Balaban J connectivity index is 1.79. The SMILES string of the molecule is CCc1ccc(OCC(=O)NNC(=O)/C=C/c2cc(C)ccc2OC)cc1. The van der Waals surface area contributed by atoms with E-state index in [1.165, 1.54) is 11.6 Å². The molecular formula is C21H24N2O4. The van der Waals surface area contributed by atoms with Gasteiger partial charge in [0.05, 0.1) is 7.11 Å². The molecule has 0 spiro atoms. The molecule has 6 nitrogen and oxygen atoms in total. The molecule has 0 saturated carbocycles. The van der Waals surface area contributed by atoms with Gasteiger partial charge in [-0.05, 0) is 49.2 Å². The summed E-state index contributed by atoms with van der Waals surface area (Å²) in [4.78, 5) is 23.6. The van der Waals surface area contributed by atoms with Gasteiger partial charge < -0.3 is 9.47 Å². The van der Waals surface area contributed by atoms with Gasteiger partial charge in [-0.15, -0.1) is 0 Å². The van der Waals surface area contributed by atoms with Crippen LogP contribution in [0, 0.1) is 6.92 Å². The number of carbonyl (C=O) groups excluding carboxylic acids is 2. The van der Waals surface area contributed by atoms with Crippen LogP contribution in [0.5, 0.6) is 11.5 Å². The lowest BCUT2D eigenvalue weighted by Crippen LogP contribution is -2.43. The summed E-state index contributed by atoms with van der Waals surface area (Å²) in [6.07, 6.45) is 3.88. The van der Waals surface area contributed by atoms with E-state index in [9.17, 15) is 9.59 Å². The van der Waals surface area contributed by atoms with Crippen LogP contribution in [0.25, 0.3) is 6.08 Å². The second kappa shape index (κ2) is 10.0. The number of rotatable bonds is 7. The van der Waals surface area contributed by atoms with Crippen LogP contribution >= 0.6 is 0 Å². The second-order valence-electron chi connectivity index (χ2n) is 5.90. The number of benzene rings is 2. The monoisotopic (exact) mass is 368 g/mol. The number of amides is 2. The van der Waals surface area contributed by atoms with Crippen LogP contribution in [0.4, 0.5) is 0 Å². The van der Waals surface area contributed by atoms with E-state index in [2.05, 4.69) is 17.8 Å². The predicted molar refractivity (Wildman–Crippen MR) is 104 cm³/mol. The zero-order valence-electron chi connectivity index (χ0n) is 15.7. The molecule has 0 bridgehead atoms. The molecule has 6 heteroatoms. The van der Waals surface area contributed by atoms with Gasteiger partial charge in [0.1, 0.15) is 11.5 Å². The van der Waals surface area contributed by atoms with Crippen LogP contribution < -0.4 is 20.3 Å². The van der Waals surface area contributed by atoms with Crippen molar-refractivity contribution in [3.63, 3.8) is 0 Å². The Labute approximate surface area is 159 Å². The molecule has 2 rings (SSSR count). The summed E-state index contributed by atoms with van der Waals surface area (Å²) in [7, 11) is 1.57. The minimum absolute atomic E-state index is 0.193. The third-order valence-electron chi connectivity index (χ3n) is 3.83. The smallest absolute Gasteiger partial charge is 0.276 e. The summed E-state index contributed by atoms with van der Waals surface area (Å²) in [5.41, 5.74) is 7.63. The maximum absolute atomic E-state index is 11.9. The van der Waals surface area contributed by atoms with E-state index >= 15 is 0 Å². The Bertz CT molecular complexity index is 813. The first-order valence-electron chi connectivity index (χ1n) is 8.65. The maximum atomic E-state index is 11.9. The minimum Gasteiger partial charge on any atom is -0.496 e. The fraction of sp³-hybridized carbons (Fsp3) is 0.238. The van der Waals surface area contributed by atoms with Crippen molar-refractivity contribution in [1.29, 1.82) is 0 Å². The maximum Gasteiger partial charge on any atom is 0.276 e. The molecule has 27 heavy (non-hydrogen) atoms. The van der Waals surface area contributed by atoms with Gasteiger partial charge in [-0.1, -0.05) is 30.7 Å². The van der Waals surface area contributed by atoms with Crippen molar-refractivity contribution in [2.75, 3.05) is 13.7 Å². The Hall–Kier alpha value is -3.28. The van der Waals surface area contributed by atoms with Gasteiger partial charge >= 0.3 is 0 Å². The fourth-order valence-electron chi connectivity index (χ4n) is 2.33. The quantitative estimate of drug-likeness (QED) is 0.582. The van der Waals surface area contributed by atoms with Gasteiger partial charge in [-0.25, -0.2) is 0 Å². The highest BCUT2D eigenvalue weighted by Crippen LogP contribution is 2.20. The first-order valence-corrected chi connectivity index (χ1v) is 8.65. The number of ether oxygens (including phenoxy) is 2. The Morgan fingerprint density at radius 2 is 1.81 bits per heavy atom. The Kier molecular flexibility index (Phi) is 7.43. The number of methoxy groups -OCH3 is 1. The number of hydrogen-bond acceptors (Lipinski definition) is 4. The van der Waals surface area contributed by atoms with E-state index < -0.39 is 11.8 Å². The van der Waals surface area contributed by atoms with Crippen LogP contribution in [-0.4, -0.2) is 25.5 Å².